The summed E-state index contributed by atoms with van der Waals surface area (Å²) in [6.07, 6.45) is 0. The summed E-state index contributed by atoms with van der Waals surface area (Å²) in [5.41, 5.74) is 14.9. The third kappa shape index (κ3) is 4.55. The van der Waals surface area contributed by atoms with E-state index in [0.29, 0.717) is 0 Å². The molecule has 0 bridgehead atoms. The van der Waals surface area contributed by atoms with Gasteiger partial charge in [-0.05, 0) is 136 Å². The molecule has 0 unspecified atom stereocenters. The van der Waals surface area contributed by atoms with Crippen LogP contribution in [0.25, 0.3) is 75.1 Å². The molecule has 0 N–H and O–H groups in total. The summed E-state index contributed by atoms with van der Waals surface area (Å²) in [4.78, 5) is 3.75. The highest BCUT2D eigenvalue weighted by atomic mass is 32.1. The van der Waals surface area contributed by atoms with Crippen LogP contribution in [0.3, 0.4) is 0 Å². The fourth-order valence-corrected chi connectivity index (χ4v) is 11.7. The van der Waals surface area contributed by atoms with Crippen LogP contribution in [0.15, 0.2) is 212 Å². The predicted molar refractivity (Wildman–Crippen MR) is 251 cm³/mol. The van der Waals surface area contributed by atoms with Crippen LogP contribution in [-0.4, -0.2) is 0 Å². The third-order valence-corrected chi connectivity index (χ3v) is 14.2. The van der Waals surface area contributed by atoms with Gasteiger partial charge in [-0.15, -0.1) is 11.3 Å². The minimum Gasteiger partial charge on any atom is -0.310 e. The van der Waals surface area contributed by atoms with Gasteiger partial charge in [-0.2, -0.15) is 0 Å². The minimum absolute atomic E-state index is 0.382. The first-order chi connectivity index (χ1) is 29.3. The van der Waals surface area contributed by atoms with Crippen LogP contribution in [0.1, 0.15) is 22.3 Å². The Bertz CT molecular complexity index is 3420. The molecule has 1 spiro atoms. The Labute approximate surface area is 346 Å². The van der Waals surface area contributed by atoms with E-state index in [-0.39, 0.29) is 5.41 Å². The van der Waals surface area contributed by atoms with Crippen molar-refractivity contribution in [1.29, 1.82) is 0 Å². The Kier molecular flexibility index (Phi) is 6.87. The Morgan fingerprint density at radius 1 is 0.322 bits per heavy atom. The van der Waals surface area contributed by atoms with E-state index in [1.54, 1.807) is 0 Å². The summed E-state index contributed by atoms with van der Waals surface area (Å²) in [6, 6.07) is 79.4. The molecule has 1 heterocycles. The fourth-order valence-electron chi connectivity index (χ4n) is 10.6. The van der Waals surface area contributed by atoms with Gasteiger partial charge in [-0.25, -0.2) is 0 Å². The maximum Gasteiger partial charge on any atom is 0.0725 e. The van der Waals surface area contributed by atoms with Crippen LogP contribution in [0.4, 0.5) is 17.1 Å². The molecule has 10 aromatic carbocycles. The highest BCUT2D eigenvalue weighted by molar-refractivity contribution is 7.22. The lowest BCUT2D eigenvalue weighted by molar-refractivity contribution is 0.794. The molecular weight excluding hydrogens is 731 g/mol. The topological polar surface area (TPSA) is 3.24 Å². The van der Waals surface area contributed by atoms with Gasteiger partial charge in [0.1, 0.15) is 0 Å². The average Bonchev–Trinajstić information content (AvgIpc) is 3.97. The first kappa shape index (κ1) is 32.8. The second-order valence-corrected chi connectivity index (χ2v) is 17.1. The zero-order chi connectivity index (χ0) is 38.7. The maximum absolute atomic E-state index is 2.48. The van der Waals surface area contributed by atoms with Gasteiger partial charge in [-0.3, -0.25) is 0 Å². The molecule has 2 aliphatic rings. The zero-order valence-electron chi connectivity index (χ0n) is 32.1. The van der Waals surface area contributed by atoms with E-state index in [0.717, 1.165) is 17.1 Å². The number of nitrogens with zero attached hydrogens (tertiary/aromatic N) is 1. The third-order valence-electron chi connectivity index (χ3n) is 13.0. The lowest BCUT2D eigenvalue weighted by atomic mass is 9.70. The summed E-state index contributed by atoms with van der Waals surface area (Å²) in [5, 5.41) is 8.93. The summed E-state index contributed by atoms with van der Waals surface area (Å²) < 4.78 is 1.31. The number of hydrogen-bond acceptors (Lipinski definition) is 2. The number of fused-ring (bicyclic) bond motifs is 17. The van der Waals surface area contributed by atoms with E-state index in [2.05, 4.69) is 217 Å². The number of benzene rings is 10. The van der Waals surface area contributed by atoms with Gasteiger partial charge in [0.15, 0.2) is 0 Å². The molecule has 0 amide bonds. The molecule has 59 heavy (non-hydrogen) atoms. The van der Waals surface area contributed by atoms with E-state index >= 15 is 0 Å². The Morgan fingerprint density at radius 3 is 1.47 bits per heavy atom. The van der Waals surface area contributed by atoms with E-state index in [9.17, 15) is 0 Å². The summed E-state index contributed by atoms with van der Waals surface area (Å²) in [6.45, 7) is 0. The molecule has 274 valence electrons. The number of hydrogen-bond donors (Lipinski definition) is 0. The van der Waals surface area contributed by atoms with Crippen molar-refractivity contribution >= 4 is 70.8 Å². The van der Waals surface area contributed by atoms with Crippen molar-refractivity contribution in [2.24, 2.45) is 0 Å². The van der Waals surface area contributed by atoms with E-state index in [1.807, 2.05) is 11.3 Å². The smallest absolute Gasteiger partial charge is 0.0725 e. The second kappa shape index (κ2) is 12.4. The zero-order valence-corrected chi connectivity index (χ0v) is 32.9. The minimum atomic E-state index is -0.382. The van der Waals surface area contributed by atoms with Crippen LogP contribution in [0.5, 0.6) is 0 Å². The van der Waals surface area contributed by atoms with Gasteiger partial charge in [0, 0.05) is 26.6 Å². The van der Waals surface area contributed by atoms with Crippen LogP contribution in [0, 0.1) is 0 Å². The van der Waals surface area contributed by atoms with Gasteiger partial charge < -0.3 is 4.90 Å². The molecule has 0 aliphatic heterocycles. The Hall–Kier alpha value is -7.26. The molecule has 2 aliphatic carbocycles. The van der Waals surface area contributed by atoms with Gasteiger partial charge >= 0.3 is 0 Å². The lowest BCUT2D eigenvalue weighted by Gasteiger charge is -2.31. The standard InChI is InChI=1S/C57H35NS/c1-12-27-55-37(14-1)33-56(59-55)36-15-13-16-38(32-36)58(39-28-30-45-43-19-3-2-17-41(43)42-18-4-5-20-44(42)49(45)34-39)40-29-31-54-50(35-40)48-23-8-11-26-53(48)57(54)51-24-9-6-21-46(51)47-22-7-10-25-52(47)57/h1-35H. The molecule has 0 saturated carbocycles. The summed E-state index contributed by atoms with van der Waals surface area (Å²) in [5.74, 6) is 0. The number of thiophene rings is 1. The van der Waals surface area contributed by atoms with Gasteiger partial charge in [0.2, 0.25) is 0 Å². The molecule has 0 radical (unpaired) electrons. The Morgan fingerprint density at radius 2 is 0.814 bits per heavy atom. The van der Waals surface area contributed by atoms with Crippen molar-refractivity contribution in [2.45, 2.75) is 5.41 Å². The molecule has 0 fully saturated rings. The van der Waals surface area contributed by atoms with Crippen molar-refractivity contribution in [3.05, 3.63) is 235 Å². The molecule has 0 atom stereocenters. The highest BCUT2D eigenvalue weighted by Gasteiger charge is 2.51. The monoisotopic (exact) mass is 765 g/mol. The van der Waals surface area contributed by atoms with Gasteiger partial charge in [0.05, 0.1) is 5.41 Å². The molecule has 2 heteroatoms. The molecule has 11 aromatic rings. The molecule has 1 aromatic heterocycles. The second-order valence-electron chi connectivity index (χ2n) is 16.0. The fraction of sp³-hybridized carbons (Fsp3) is 0.0175. The van der Waals surface area contributed by atoms with Crippen molar-refractivity contribution in [3.63, 3.8) is 0 Å². The van der Waals surface area contributed by atoms with Crippen LogP contribution in [-0.2, 0) is 5.41 Å². The summed E-state index contributed by atoms with van der Waals surface area (Å²) in [7, 11) is 0. The maximum atomic E-state index is 2.48. The van der Waals surface area contributed by atoms with Crippen molar-refractivity contribution < 1.29 is 0 Å². The first-order valence-corrected chi connectivity index (χ1v) is 21.2. The van der Waals surface area contributed by atoms with Crippen LogP contribution >= 0.6 is 11.3 Å². The summed E-state index contributed by atoms with van der Waals surface area (Å²) >= 11 is 1.86. The van der Waals surface area contributed by atoms with Crippen LogP contribution in [0.2, 0.25) is 0 Å². The quantitative estimate of drug-likeness (QED) is 0.161. The van der Waals surface area contributed by atoms with E-state index in [1.165, 1.54) is 97.4 Å². The highest BCUT2D eigenvalue weighted by Crippen LogP contribution is 2.63. The number of anilines is 3. The van der Waals surface area contributed by atoms with Crippen LogP contribution < -0.4 is 4.90 Å². The molecule has 1 nitrogen and oxygen atoms in total. The molecule has 13 rings (SSSR count). The van der Waals surface area contributed by atoms with Gasteiger partial charge in [0.25, 0.3) is 0 Å². The normalized spacial score (nSPS) is 13.2. The first-order valence-electron chi connectivity index (χ1n) is 20.4. The predicted octanol–water partition coefficient (Wildman–Crippen LogP) is 15.8. The molecule has 0 saturated heterocycles. The van der Waals surface area contributed by atoms with Crippen molar-refractivity contribution in [2.75, 3.05) is 4.90 Å². The van der Waals surface area contributed by atoms with Crippen molar-refractivity contribution in [3.8, 4) is 32.7 Å². The largest absolute Gasteiger partial charge is 0.310 e. The average molecular weight is 766 g/mol. The number of rotatable bonds is 4. The SMILES string of the molecule is c1cc(-c2cc3ccccc3s2)cc(N(c2ccc3c(c2)-c2ccccc2C32c3ccccc3-c3ccccc32)c2ccc3c4ccccc4c4ccccc4c3c2)c1. The van der Waals surface area contributed by atoms with E-state index in [4.69, 9.17) is 0 Å². The molecular formula is C57H35NS. The lowest BCUT2D eigenvalue weighted by Crippen LogP contribution is -2.25. The Balaban J connectivity index is 1.07. The van der Waals surface area contributed by atoms with Gasteiger partial charge in [-0.1, -0.05) is 164 Å². The van der Waals surface area contributed by atoms with Crippen molar-refractivity contribution in [1.82, 2.24) is 0 Å². The van der Waals surface area contributed by atoms with E-state index < -0.39 is 0 Å².